The Morgan fingerprint density at radius 3 is 3.00 bits per heavy atom. The van der Waals surface area contributed by atoms with E-state index in [2.05, 4.69) is 34.2 Å². The van der Waals surface area contributed by atoms with Crippen molar-refractivity contribution in [3.05, 3.63) is 36.2 Å². The number of aromatic amines is 1. The van der Waals surface area contributed by atoms with E-state index < -0.39 is 0 Å². The summed E-state index contributed by atoms with van der Waals surface area (Å²) in [5.41, 5.74) is 2.41. The van der Waals surface area contributed by atoms with Crippen LogP contribution in [0.15, 0.2) is 30.6 Å². The summed E-state index contributed by atoms with van der Waals surface area (Å²) in [7, 11) is 0. The van der Waals surface area contributed by atoms with Gasteiger partial charge in [-0.05, 0) is 18.1 Å². The van der Waals surface area contributed by atoms with Crippen LogP contribution in [-0.4, -0.2) is 15.2 Å². The molecule has 0 bridgehead atoms. The van der Waals surface area contributed by atoms with Crippen LogP contribution in [0.1, 0.15) is 12.5 Å². The molecule has 2 aromatic rings. The summed E-state index contributed by atoms with van der Waals surface area (Å²) in [5, 5.41) is 6.66. The third-order valence-electron chi connectivity index (χ3n) is 2.02. The molecular formula is C10H11N3. The highest BCUT2D eigenvalue weighted by atomic mass is 15.2. The van der Waals surface area contributed by atoms with Crippen molar-refractivity contribution in [2.75, 3.05) is 0 Å². The first-order valence-electron chi connectivity index (χ1n) is 4.35. The standard InChI is InChI=1S/C10H11N3/c1-2-8-4-3-5-9(6-8)10-11-7-12-13-10/h3-7H,2H2,1H3,(H,11,12,13). The van der Waals surface area contributed by atoms with E-state index in [1.54, 1.807) is 0 Å². The molecule has 1 heterocycles. The summed E-state index contributed by atoms with van der Waals surface area (Å²) in [4.78, 5) is 4.10. The first kappa shape index (κ1) is 7.98. The lowest BCUT2D eigenvalue weighted by Gasteiger charge is -1.99. The Kier molecular flexibility index (Phi) is 2.08. The van der Waals surface area contributed by atoms with E-state index in [0.717, 1.165) is 17.8 Å². The molecule has 0 saturated heterocycles. The van der Waals surface area contributed by atoms with Crippen LogP contribution in [0, 0.1) is 0 Å². The first-order chi connectivity index (χ1) is 6.40. The molecule has 0 atom stereocenters. The number of H-pyrrole nitrogens is 1. The van der Waals surface area contributed by atoms with Gasteiger partial charge < -0.3 is 0 Å². The lowest BCUT2D eigenvalue weighted by Crippen LogP contribution is -1.84. The normalized spacial score (nSPS) is 10.2. The van der Waals surface area contributed by atoms with Gasteiger partial charge in [-0.3, -0.25) is 5.10 Å². The van der Waals surface area contributed by atoms with Crippen LogP contribution in [-0.2, 0) is 6.42 Å². The van der Waals surface area contributed by atoms with E-state index in [-0.39, 0.29) is 0 Å². The van der Waals surface area contributed by atoms with Gasteiger partial charge >= 0.3 is 0 Å². The van der Waals surface area contributed by atoms with Gasteiger partial charge in [-0.1, -0.05) is 25.1 Å². The maximum Gasteiger partial charge on any atom is 0.155 e. The molecule has 0 saturated carbocycles. The van der Waals surface area contributed by atoms with Crippen LogP contribution in [0.5, 0.6) is 0 Å². The minimum atomic E-state index is 0.829. The molecule has 3 nitrogen and oxygen atoms in total. The van der Waals surface area contributed by atoms with Crippen molar-refractivity contribution in [1.29, 1.82) is 0 Å². The summed E-state index contributed by atoms with van der Waals surface area (Å²) in [6, 6.07) is 8.30. The van der Waals surface area contributed by atoms with Gasteiger partial charge in [-0.2, -0.15) is 5.10 Å². The summed E-state index contributed by atoms with van der Waals surface area (Å²) in [6.07, 6.45) is 2.57. The molecule has 0 aliphatic rings. The molecule has 0 aliphatic heterocycles. The van der Waals surface area contributed by atoms with Crippen LogP contribution in [0.25, 0.3) is 11.4 Å². The van der Waals surface area contributed by atoms with Crippen molar-refractivity contribution >= 4 is 0 Å². The molecule has 0 amide bonds. The Bertz CT molecular complexity index is 379. The third kappa shape index (κ3) is 1.59. The van der Waals surface area contributed by atoms with Crippen LogP contribution in [0.4, 0.5) is 0 Å². The second-order valence-electron chi connectivity index (χ2n) is 2.89. The molecule has 1 aromatic carbocycles. The molecule has 66 valence electrons. The largest absolute Gasteiger partial charge is 0.259 e. The zero-order valence-corrected chi connectivity index (χ0v) is 7.49. The van der Waals surface area contributed by atoms with Crippen LogP contribution < -0.4 is 0 Å². The fourth-order valence-corrected chi connectivity index (χ4v) is 1.28. The first-order valence-corrected chi connectivity index (χ1v) is 4.35. The molecule has 0 radical (unpaired) electrons. The lowest BCUT2D eigenvalue weighted by molar-refractivity contribution is 1.09. The van der Waals surface area contributed by atoms with Gasteiger partial charge in [-0.15, -0.1) is 0 Å². The Morgan fingerprint density at radius 2 is 2.31 bits per heavy atom. The second-order valence-corrected chi connectivity index (χ2v) is 2.89. The maximum absolute atomic E-state index is 4.10. The number of nitrogens with one attached hydrogen (secondary N) is 1. The van der Waals surface area contributed by atoms with Crippen molar-refractivity contribution in [1.82, 2.24) is 15.2 Å². The highest BCUT2D eigenvalue weighted by molar-refractivity contribution is 5.55. The number of benzene rings is 1. The highest BCUT2D eigenvalue weighted by Gasteiger charge is 1.99. The second kappa shape index (κ2) is 3.39. The predicted octanol–water partition coefficient (Wildman–Crippen LogP) is 2.03. The number of aromatic nitrogens is 3. The molecule has 1 N–H and O–H groups in total. The molecule has 0 spiro atoms. The van der Waals surface area contributed by atoms with Gasteiger partial charge in [-0.25, -0.2) is 4.98 Å². The number of rotatable bonds is 2. The minimum absolute atomic E-state index is 0.829. The Morgan fingerprint density at radius 1 is 1.38 bits per heavy atom. The Labute approximate surface area is 76.8 Å². The third-order valence-corrected chi connectivity index (χ3v) is 2.02. The SMILES string of the molecule is CCc1cccc(-c2ncn[nH]2)c1. The maximum atomic E-state index is 4.10. The zero-order chi connectivity index (χ0) is 9.10. The molecule has 1 aromatic heterocycles. The van der Waals surface area contributed by atoms with E-state index in [9.17, 15) is 0 Å². The number of aryl methyl sites for hydroxylation is 1. The van der Waals surface area contributed by atoms with Gasteiger partial charge in [0, 0.05) is 5.56 Å². The van der Waals surface area contributed by atoms with E-state index in [4.69, 9.17) is 0 Å². The fraction of sp³-hybridized carbons (Fsp3) is 0.200. The Hall–Kier alpha value is -1.64. The van der Waals surface area contributed by atoms with E-state index in [1.165, 1.54) is 11.9 Å². The van der Waals surface area contributed by atoms with Crippen molar-refractivity contribution in [3.8, 4) is 11.4 Å². The summed E-state index contributed by atoms with van der Waals surface area (Å²) >= 11 is 0. The fourth-order valence-electron chi connectivity index (χ4n) is 1.28. The molecule has 2 rings (SSSR count). The minimum Gasteiger partial charge on any atom is -0.259 e. The van der Waals surface area contributed by atoms with Gasteiger partial charge in [0.05, 0.1) is 0 Å². The molecule has 0 aliphatic carbocycles. The number of hydrogen-bond acceptors (Lipinski definition) is 2. The molecule has 0 fully saturated rings. The summed E-state index contributed by atoms with van der Waals surface area (Å²) in [6.45, 7) is 2.14. The topological polar surface area (TPSA) is 41.6 Å². The molecular weight excluding hydrogens is 162 g/mol. The number of hydrogen-bond donors (Lipinski definition) is 1. The smallest absolute Gasteiger partial charge is 0.155 e. The zero-order valence-electron chi connectivity index (χ0n) is 7.49. The van der Waals surface area contributed by atoms with Gasteiger partial charge in [0.1, 0.15) is 6.33 Å². The van der Waals surface area contributed by atoms with Crippen molar-refractivity contribution in [2.24, 2.45) is 0 Å². The van der Waals surface area contributed by atoms with Crippen LogP contribution in [0.2, 0.25) is 0 Å². The van der Waals surface area contributed by atoms with Gasteiger partial charge in [0.15, 0.2) is 5.82 Å². The summed E-state index contributed by atoms with van der Waals surface area (Å²) < 4.78 is 0. The quantitative estimate of drug-likeness (QED) is 0.755. The van der Waals surface area contributed by atoms with Crippen molar-refractivity contribution < 1.29 is 0 Å². The highest BCUT2D eigenvalue weighted by Crippen LogP contribution is 2.15. The average Bonchev–Trinajstić information content (AvgIpc) is 2.71. The molecule has 0 unspecified atom stereocenters. The summed E-state index contributed by atoms with van der Waals surface area (Å²) in [5.74, 6) is 0.829. The lowest BCUT2D eigenvalue weighted by atomic mass is 10.1. The molecule has 13 heavy (non-hydrogen) atoms. The van der Waals surface area contributed by atoms with Crippen molar-refractivity contribution in [3.63, 3.8) is 0 Å². The van der Waals surface area contributed by atoms with Gasteiger partial charge in [0.2, 0.25) is 0 Å². The van der Waals surface area contributed by atoms with Crippen LogP contribution in [0.3, 0.4) is 0 Å². The van der Waals surface area contributed by atoms with E-state index in [1.807, 2.05) is 12.1 Å². The van der Waals surface area contributed by atoms with Crippen molar-refractivity contribution in [2.45, 2.75) is 13.3 Å². The number of nitrogens with zero attached hydrogens (tertiary/aromatic N) is 2. The average molecular weight is 173 g/mol. The van der Waals surface area contributed by atoms with Crippen LogP contribution >= 0.6 is 0 Å². The van der Waals surface area contributed by atoms with Gasteiger partial charge in [0.25, 0.3) is 0 Å². The molecule has 3 heteroatoms. The van der Waals surface area contributed by atoms with E-state index in [0.29, 0.717) is 0 Å². The predicted molar refractivity (Wildman–Crippen MR) is 51.2 cm³/mol. The van der Waals surface area contributed by atoms with E-state index >= 15 is 0 Å². The Balaban J connectivity index is 2.41. The monoisotopic (exact) mass is 173 g/mol.